The lowest BCUT2D eigenvalue weighted by Crippen LogP contribution is -2.23. The summed E-state index contributed by atoms with van der Waals surface area (Å²) in [6.07, 6.45) is 2.83. The first-order valence-corrected chi connectivity index (χ1v) is 5.45. The number of nitrogens with one attached hydrogen (secondary N) is 2. The standard InChI is InChI=1S/C11H21N5/c1-9(5-7-16(2)3)14-10-4-6-13-11(8-10)15-12/h4,6,8-9H,5,7,12H2,1-3H3,(H2,13,14,15). The molecule has 90 valence electrons. The molecule has 0 saturated carbocycles. The van der Waals surface area contributed by atoms with Gasteiger partial charge in [-0.3, -0.25) is 0 Å². The summed E-state index contributed by atoms with van der Waals surface area (Å²) < 4.78 is 0. The second-order valence-corrected chi connectivity index (χ2v) is 4.21. The predicted octanol–water partition coefficient (Wildman–Crippen LogP) is 1.12. The fourth-order valence-corrected chi connectivity index (χ4v) is 1.41. The van der Waals surface area contributed by atoms with E-state index in [9.17, 15) is 0 Å². The zero-order chi connectivity index (χ0) is 12.0. The second kappa shape index (κ2) is 6.30. The summed E-state index contributed by atoms with van der Waals surface area (Å²) in [5, 5.41) is 3.41. The van der Waals surface area contributed by atoms with Crippen molar-refractivity contribution in [1.29, 1.82) is 0 Å². The van der Waals surface area contributed by atoms with Gasteiger partial charge in [0.2, 0.25) is 0 Å². The minimum Gasteiger partial charge on any atom is -0.382 e. The zero-order valence-electron chi connectivity index (χ0n) is 10.2. The van der Waals surface area contributed by atoms with Crippen LogP contribution in [0.25, 0.3) is 0 Å². The lowest BCUT2D eigenvalue weighted by Gasteiger charge is -2.18. The van der Waals surface area contributed by atoms with Gasteiger partial charge in [-0.05, 0) is 40.1 Å². The number of nitrogens with zero attached hydrogens (tertiary/aromatic N) is 2. The molecular weight excluding hydrogens is 202 g/mol. The van der Waals surface area contributed by atoms with Gasteiger partial charge in [0.1, 0.15) is 5.82 Å². The molecule has 1 unspecified atom stereocenters. The average Bonchev–Trinajstić information content (AvgIpc) is 2.26. The van der Waals surface area contributed by atoms with Gasteiger partial charge in [-0.25, -0.2) is 10.8 Å². The normalized spacial score (nSPS) is 12.6. The largest absolute Gasteiger partial charge is 0.382 e. The number of hydrazine groups is 1. The van der Waals surface area contributed by atoms with Gasteiger partial charge in [0.05, 0.1) is 0 Å². The number of hydrogen-bond acceptors (Lipinski definition) is 5. The van der Waals surface area contributed by atoms with Crippen molar-refractivity contribution in [3.05, 3.63) is 18.3 Å². The molecule has 16 heavy (non-hydrogen) atoms. The Labute approximate surface area is 97.0 Å². The lowest BCUT2D eigenvalue weighted by molar-refractivity contribution is 0.390. The van der Waals surface area contributed by atoms with Crippen LogP contribution in [0.4, 0.5) is 11.5 Å². The summed E-state index contributed by atoms with van der Waals surface area (Å²) in [6, 6.07) is 4.26. The third-order valence-electron chi connectivity index (χ3n) is 2.33. The Bertz CT molecular complexity index is 313. The summed E-state index contributed by atoms with van der Waals surface area (Å²) in [5.74, 6) is 5.97. The van der Waals surface area contributed by atoms with E-state index in [0.29, 0.717) is 11.9 Å². The molecule has 1 aromatic heterocycles. The van der Waals surface area contributed by atoms with Crippen LogP contribution in [0.2, 0.25) is 0 Å². The Balaban J connectivity index is 2.45. The third-order valence-corrected chi connectivity index (χ3v) is 2.33. The SMILES string of the molecule is CC(CCN(C)C)Nc1ccnc(NN)c1. The van der Waals surface area contributed by atoms with Gasteiger partial charge in [0, 0.05) is 24.0 Å². The van der Waals surface area contributed by atoms with Crippen molar-refractivity contribution in [2.45, 2.75) is 19.4 Å². The third kappa shape index (κ3) is 4.46. The Morgan fingerprint density at radius 3 is 2.88 bits per heavy atom. The Kier molecular flexibility index (Phi) is 5.01. The van der Waals surface area contributed by atoms with Crippen LogP contribution in [0.1, 0.15) is 13.3 Å². The van der Waals surface area contributed by atoms with E-state index in [-0.39, 0.29) is 0 Å². The molecule has 0 aliphatic heterocycles. The quantitative estimate of drug-likeness (QED) is 0.498. The molecule has 0 bridgehead atoms. The Morgan fingerprint density at radius 1 is 1.50 bits per heavy atom. The molecule has 1 atom stereocenters. The van der Waals surface area contributed by atoms with Gasteiger partial charge in [-0.15, -0.1) is 0 Å². The fraction of sp³-hybridized carbons (Fsp3) is 0.545. The first-order chi connectivity index (χ1) is 7.61. The van der Waals surface area contributed by atoms with Crippen LogP contribution in [0.3, 0.4) is 0 Å². The number of nitrogen functional groups attached to an aromatic ring is 1. The molecule has 1 aromatic rings. The van der Waals surface area contributed by atoms with Gasteiger partial charge in [0.15, 0.2) is 0 Å². The number of aromatic nitrogens is 1. The van der Waals surface area contributed by atoms with E-state index in [0.717, 1.165) is 18.7 Å². The molecule has 5 nitrogen and oxygen atoms in total. The van der Waals surface area contributed by atoms with Gasteiger partial charge in [0.25, 0.3) is 0 Å². The van der Waals surface area contributed by atoms with Crippen molar-refractivity contribution in [1.82, 2.24) is 9.88 Å². The van der Waals surface area contributed by atoms with Crippen molar-refractivity contribution < 1.29 is 0 Å². The average molecular weight is 223 g/mol. The Hall–Kier alpha value is -1.33. The lowest BCUT2D eigenvalue weighted by atomic mass is 10.2. The number of anilines is 2. The molecule has 0 fully saturated rings. The fourth-order valence-electron chi connectivity index (χ4n) is 1.41. The highest BCUT2D eigenvalue weighted by Crippen LogP contribution is 2.12. The van der Waals surface area contributed by atoms with E-state index in [1.165, 1.54) is 0 Å². The molecular formula is C11H21N5. The van der Waals surface area contributed by atoms with Crippen molar-refractivity contribution in [3.63, 3.8) is 0 Å². The van der Waals surface area contributed by atoms with E-state index in [2.05, 4.69) is 41.6 Å². The highest BCUT2D eigenvalue weighted by molar-refractivity contribution is 5.51. The van der Waals surface area contributed by atoms with Gasteiger partial charge in [-0.2, -0.15) is 0 Å². The molecule has 5 heteroatoms. The number of rotatable bonds is 6. The van der Waals surface area contributed by atoms with Gasteiger partial charge >= 0.3 is 0 Å². The number of nitrogens with two attached hydrogens (primary N) is 1. The van der Waals surface area contributed by atoms with E-state index in [1.807, 2.05) is 12.1 Å². The van der Waals surface area contributed by atoms with Crippen molar-refractivity contribution in [3.8, 4) is 0 Å². The van der Waals surface area contributed by atoms with Crippen molar-refractivity contribution in [2.75, 3.05) is 31.4 Å². The summed E-state index contributed by atoms with van der Waals surface area (Å²) in [4.78, 5) is 6.23. The molecule has 1 rings (SSSR count). The summed E-state index contributed by atoms with van der Waals surface area (Å²) in [5.41, 5.74) is 3.57. The van der Waals surface area contributed by atoms with Crippen LogP contribution < -0.4 is 16.6 Å². The molecule has 0 saturated heterocycles. The topological polar surface area (TPSA) is 66.2 Å². The van der Waals surface area contributed by atoms with Crippen LogP contribution in [0, 0.1) is 0 Å². The van der Waals surface area contributed by atoms with Gasteiger partial charge < -0.3 is 15.6 Å². The molecule has 0 amide bonds. The summed E-state index contributed by atoms with van der Waals surface area (Å²) in [7, 11) is 4.16. The molecule has 0 radical (unpaired) electrons. The summed E-state index contributed by atoms with van der Waals surface area (Å²) in [6.45, 7) is 3.24. The van der Waals surface area contributed by atoms with Crippen LogP contribution >= 0.6 is 0 Å². The molecule has 0 spiro atoms. The van der Waals surface area contributed by atoms with Crippen LogP contribution in [-0.2, 0) is 0 Å². The van der Waals surface area contributed by atoms with Crippen LogP contribution in [-0.4, -0.2) is 36.6 Å². The smallest absolute Gasteiger partial charge is 0.141 e. The maximum atomic E-state index is 5.30. The van der Waals surface area contributed by atoms with E-state index < -0.39 is 0 Å². The maximum Gasteiger partial charge on any atom is 0.141 e. The predicted molar refractivity (Wildman–Crippen MR) is 68.3 cm³/mol. The highest BCUT2D eigenvalue weighted by atomic mass is 15.2. The van der Waals surface area contributed by atoms with Crippen LogP contribution in [0.15, 0.2) is 18.3 Å². The number of pyridine rings is 1. The molecule has 0 aliphatic rings. The van der Waals surface area contributed by atoms with Crippen LogP contribution in [0.5, 0.6) is 0 Å². The van der Waals surface area contributed by atoms with E-state index >= 15 is 0 Å². The molecule has 0 aliphatic carbocycles. The van der Waals surface area contributed by atoms with Crippen molar-refractivity contribution >= 4 is 11.5 Å². The Morgan fingerprint density at radius 2 is 2.25 bits per heavy atom. The zero-order valence-corrected chi connectivity index (χ0v) is 10.2. The molecule has 1 heterocycles. The van der Waals surface area contributed by atoms with E-state index in [4.69, 9.17) is 5.84 Å². The minimum atomic E-state index is 0.426. The molecule has 4 N–H and O–H groups in total. The summed E-state index contributed by atoms with van der Waals surface area (Å²) >= 11 is 0. The number of hydrogen-bond donors (Lipinski definition) is 3. The monoisotopic (exact) mass is 223 g/mol. The highest BCUT2D eigenvalue weighted by Gasteiger charge is 2.03. The first-order valence-electron chi connectivity index (χ1n) is 5.45. The second-order valence-electron chi connectivity index (χ2n) is 4.21. The first kappa shape index (κ1) is 12.7. The minimum absolute atomic E-state index is 0.426. The maximum absolute atomic E-state index is 5.30. The van der Waals surface area contributed by atoms with Crippen molar-refractivity contribution in [2.24, 2.45) is 5.84 Å². The van der Waals surface area contributed by atoms with Gasteiger partial charge in [-0.1, -0.05) is 0 Å². The molecule has 0 aromatic carbocycles. The van der Waals surface area contributed by atoms with E-state index in [1.54, 1.807) is 6.20 Å².